The number of hydrogen-bond donors (Lipinski definition) is 2. The number of nitrogens with zero attached hydrogens (tertiary/aromatic N) is 1. The van der Waals surface area contributed by atoms with Crippen LogP contribution in [0.15, 0.2) is 24.3 Å². The summed E-state index contributed by atoms with van der Waals surface area (Å²) in [6.07, 6.45) is 0. The van der Waals surface area contributed by atoms with E-state index in [1.807, 2.05) is 18.2 Å². The van der Waals surface area contributed by atoms with Crippen LogP contribution in [0.4, 0.5) is 0 Å². The molecule has 3 N–H and O–H groups in total. The normalized spacial score (nSPS) is 21.0. The predicted molar refractivity (Wildman–Crippen MR) is 82.6 cm³/mol. The monoisotopic (exact) mass is 291 g/mol. The third-order valence-corrected chi connectivity index (χ3v) is 3.55. The SMILES string of the molecule is CC1(C)CN(Cc2ccccc2C(=O)NN)CC(C)(C)O1. The molecule has 116 valence electrons. The first kappa shape index (κ1) is 15.9. The molecule has 0 aliphatic carbocycles. The molecule has 0 radical (unpaired) electrons. The lowest BCUT2D eigenvalue weighted by Gasteiger charge is -2.47. The second-order valence-corrected chi connectivity index (χ2v) is 6.90. The molecule has 0 unspecified atom stereocenters. The zero-order chi connectivity index (χ0) is 15.7. The molecule has 2 rings (SSSR count). The Morgan fingerprint density at radius 2 is 1.81 bits per heavy atom. The summed E-state index contributed by atoms with van der Waals surface area (Å²) >= 11 is 0. The van der Waals surface area contributed by atoms with Gasteiger partial charge in [0.15, 0.2) is 0 Å². The van der Waals surface area contributed by atoms with Crippen molar-refractivity contribution in [1.29, 1.82) is 0 Å². The summed E-state index contributed by atoms with van der Waals surface area (Å²) in [6.45, 7) is 10.8. The maximum absolute atomic E-state index is 11.9. The van der Waals surface area contributed by atoms with Crippen molar-refractivity contribution < 1.29 is 9.53 Å². The highest BCUT2D eigenvalue weighted by atomic mass is 16.5. The standard InChI is InChI=1S/C16H25N3O2/c1-15(2)10-19(11-16(3,4)21-15)9-12-7-5-6-8-13(12)14(20)18-17/h5-8H,9-11,17H2,1-4H3,(H,18,20). The first-order valence-corrected chi connectivity index (χ1v) is 7.24. The molecule has 1 amide bonds. The molecular weight excluding hydrogens is 266 g/mol. The van der Waals surface area contributed by atoms with Crippen molar-refractivity contribution in [2.75, 3.05) is 13.1 Å². The molecular formula is C16H25N3O2. The van der Waals surface area contributed by atoms with Crippen LogP contribution in [-0.4, -0.2) is 35.1 Å². The van der Waals surface area contributed by atoms with Gasteiger partial charge < -0.3 is 4.74 Å². The van der Waals surface area contributed by atoms with E-state index in [0.29, 0.717) is 12.1 Å². The van der Waals surface area contributed by atoms with Crippen LogP contribution in [0.25, 0.3) is 0 Å². The average molecular weight is 291 g/mol. The molecule has 5 heteroatoms. The Morgan fingerprint density at radius 1 is 1.24 bits per heavy atom. The third kappa shape index (κ3) is 4.03. The Hall–Kier alpha value is -1.43. The van der Waals surface area contributed by atoms with Crippen LogP contribution in [0, 0.1) is 0 Å². The molecule has 0 spiro atoms. The molecule has 1 saturated heterocycles. The zero-order valence-electron chi connectivity index (χ0n) is 13.3. The summed E-state index contributed by atoms with van der Waals surface area (Å²) in [5.74, 6) is 5.01. The second kappa shape index (κ2) is 5.75. The van der Waals surface area contributed by atoms with Crippen LogP contribution in [0.3, 0.4) is 0 Å². The lowest BCUT2D eigenvalue weighted by Crippen LogP contribution is -2.56. The molecule has 21 heavy (non-hydrogen) atoms. The lowest BCUT2D eigenvalue weighted by molar-refractivity contribution is -0.182. The number of hydrogen-bond acceptors (Lipinski definition) is 4. The van der Waals surface area contributed by atoms with Crippen LogP contribution < -0.4 is 11.3 Å². The van der Waals surface area contributed by atoms with Gasteiger partial charge in [-0.3, -0.25) is 15.1 Å². The van der Waals surface area contributed by atoms with Gasteiger partial charge in [0.2, 0.25) is 0 Å². The highest BCUT2D eigenvalue weighted by Gasteiger charge is 2.38. The van der Waals surface area contributed by atoms with E-state index in [9.17, 15) is 4.79 Å². The zero-order valence-corrected chi connectivity index (χ0v) is 13.3. The molecule has 0 atom stereocenters. The number of nitrogen functional groups attached to an aromatic ring is 1. The average Bonchev–Trinajstić information content (AvgIpc) is 2.34. The fraction of sp³-hybridized carbons (Fsp3) is 0.562. The van der Waals surface area contributed by atoms with E-state index < -0.39 is 0 Å². The number of nitrogens with one attached hydrogen (secondary N) is 1. The van der Waals surface area contributed by atoms with E-state index in [1.165, 1.54) is 0 Å². The summed E-state index contributed by atoms with van der Waals surface area (Å²) in [7, 11) is 0. The number of rotatable bonds is 3. The fourth-order valence-corrected chi connectivity index (χ4v) is 3.26. The number of ether oxygens (including phenoxy) is 1. The minimum Gasteiger partial charge on any atom is -0.367 e. The van der Waals surface area contributed by atoms with Gasteiger partial charge in [0.05, 0.1) is 11.2 Å². The van der Waals surface area contributed by atoms with E-state index in [1.54, 1.807) is 6.07 Å². The van der Waals surface area contributed by atoms with E-state index >= 15 is 0 Å². The van der Waals surface area contributed by atoms with Crippen molar-refractivity contribution in [2.45, 2.75) is 45.4 Å². The number of carbonyl (C=O) groups is 1. The smallest absolute Gasteiger partial charge is 0.265 e. The minimum absolute atomic E-state index is 0.202. The number of nitrogens with two attached hydrogens (primary N) is 1. The van der Waals surface area contributed by atoms with Gasteiger partial charge >= 0.3 is 0 Å². The minimum atomic E-state index is -0.252. The van der Waals surface area contributed by atoms with Crippen molar-refractivity contribution in [2.24, 2.45) is 5.84 Å². The van der Waals surface area contributed by atoms with Gasteiger partial charge in [0.25, 0.3) is 5.91 Å². The van der Waals surface area contributed by atoms with Crippen LogP contribution >= 0.6 is 0 Å². The summed E-state index contributed by atoms with van der Waals surface area (Å²) in [5, 5.41) is 0. The Labute approximate surface area is 126 Å². The lowest BCUT2D eigenvalue weighted by atomic mass is 9.97. The number of carbonyl (C=O) groups excluding carboxylic acids is 1. The largest absolute Gasteiger partial charge is 0.367 e. The number of amides is 1. The molecule has 1 aliphatic rings. The number of morpholine rings is 1. The fourth-order valence-electron chi connectivity index (χ4n) is 3.26. The van der Waals surface area contributed by atoms with Gasteiger partial charge in [0, 0.05) is 25.2 Å². The van der Waals surface area contributed by atoms with Gasteiger partial charge in [-0.25, -0.2) is 5.84 Å². The van der Waals surface area contributed by atoms with Crippen LogP contribution in [0.1, 0.15) is 43.6 Å². The van der Waals surface area contributed by atoms with Crippen LogP contribution in [-0.2, 0) is 11.3 Å². The molecule has 1 aromatic rings. The highest BCUT2D eigenvalue weighted by Crippen LogP contribution is 2.29. The van der Waals surface area contributed by atoms with E-state index in [0.717, 1.165) is 18.7 Å². The first-order valence-electron chi connectivity index (χ1n) is 7.24. The van der Waals surface area contributed by atoms with Crippen molar-refractivity contribution in [3.63, 3.8) is 0 Å². The third-order valence-electron chi connectivity index (χ3n) is 3.55. The van der Waals surface area contributed by atoms with Gasteiger partial charge in [-0.15, -0.1) is 0 Å². The second-order valence-electron chi connectivity index (χ2n) is 6.90. The summed E-state index contributed by atoms with van der Waals surface area (Å²) in [6, 6.07) is 7.56. The molecule has 0 bridgehead atoms. The van der Waals surface area contributed by atoms with Crippen molar-refractivity contribution >= 4 is 5.91 Å². The molecule has 1 aliphatic heterocycles. The molecule has 1 fully saturated rings. The highest BCUT2D eigenvalue weighted by molar-refractivity contribution is 5.95. The maximum Gasteiger partial charge on any atom is 0.265 e. The summed E-state index contributed by atoms with van der Waals surface area (Å²) in [4.78, 5) is 14.2. The van der Waals surface area contributed by atoms with Crippen molar-refractivity contribution in [3.8, 4) is 0 Å². The molecule has 5 nitrogen and oxygen atoms in total. The first-order chi connectivity index (χ1) is 9.72. The molecule has 0 aromatic heterocycles. The molecule has 0 saturated carbocycles. The van der Waals surface area contributed by atoms with Gasteiger partial charge in [-0.05, 0) is 39.3 Å². The number of benzene rings is 1. The maximum atomic E-state index is 11.9. The van der Waals surface area contributed by atoms with E-state index in [2.05, 4.69) is 38.0 Å². The molecule has 1 heterocycles. The summed E-state index contributed by atoms with van der Waals surface area (Å²) in [5.41, 5.74) is 3.41. The van der Waals surface area contributed by atoms with Crippen LogP contribution in [0.2, 0.25) is 0 Å². The van der Waals surface area contributed by atoms with Gasteiger partial charge in [-0.2, -0.15) is 0 Å². The Balaban J connectivity index is 2.20. The van der Waals surface area contributed by atoms with Gasteiger partial charge in [-0.1, -0.05) is 18.2 Å². The van der Waals surface area contributed by atoms with Crippen molar-refractivity contribution in [1.82, 2.24) is 10.3 Å². The molecule has 1 aromatic carbocycles. The predicted octanol–water partition coefficient (Wildman–Crippen LogP) is 1.68. The van der Waals surface area contributed by atoms with Crippen LogP contribution in [0.5, 0.6) is 0 Å². The van der Waals surface area contributed by atoms with Crippen molar-refractivity contribution in [3.05, 3.63) is 35.4 Å². The van der Waals surface area contributed by atoms with Gasteiger partial charge in [0.1, 0.15) is 0 Å². The number of hydrazine groups is 1. The summed E-state index contributed by atoms with van der Waals surface area (Å²) < 4.78 is 6.09. The Bertz CT molecular complexity index is 510. The topological polar surface area (TPSA) is 67.6 Å². The quantitative estimate of drug-likeness (QED) is 0.505. The Morgan fingerprint density at radius 3 is 2.38 bits per heavy atom. The van der Waals surface area contributed by atoms with E-state index in [4.69, 9.17) is 10.6 Å². The van der Waals surface area contributed by atoms with E-state index in [-0.39, 0.29) is 17.1 Å². The Kier molecular flexibility index (Phi) is 4.37.